The quantitative estimate of drug-likeness (QED) is 0.516. The molecule has 25 heavy (non-hydrogen) atoms. The highest BCUT2D eigenvalue weighted by molar-refractivity contribution is 7.80. The van der Waals surface area contributed by atoms with E-state index in [9.17, 15) is 0 Å². The average Bonchev–Trinajstić information content (AvgIpc) is 2.62. The van der Waals surface area contributed by atoms with Crippen LogP contribution in [0.4, 0.5) is 5.69 Å². The highest BCUT2D eigenvalue weighted by Gasteiger charge is 2.01. The predicted molar refractivity (Wildman–Crippen MR) is 105 cm³/mol. The molecule has 0 radical (unpaired) electrons. The third kappa shape index (κ3) is 6.99. The van der Waals surface area contributed by atoms with Gasteiger partial charge in [0.1, 0.15) is 17.2 Å². The van der Waals surface area contributed by atoms with Gasteiger partial charge >= 0.3 is 0 Å². The zero-order valence-corrected chi connectivity index (χ0v) is 15.4. The molecule has 0 aliphatic heterocycles. The summed E-state index contributed by atoms with van der Waals surface area (Å²) in [7, 11) is 1.69. The number of benzene rings is 2. The van der Waals surface area contributed by atoms with E-state index in [1.807, 2.05) is 55.5 Å². The van der Waals surface area contributed by atoms with Gasteiger partial charge in [-0.1, -0.05) is 0 Å². The van der Waals surface area contributed by atoms with Crippen molar-refractivity contribution in [3.63, 3.8) is 0 Å². The van der Waals surface area contributed by atoms with Gasteiger partial charge in [0.05, 0.1) is 6.61 Å². The largest absolute Gasteiger partial charge is 0.494 e. The van der Waals surface area contributed by atoms with E-state index in [1.165, 1.54) is 0 Å². The second-order valence-electron chi connectivity index (χ2n) is 5.26. The molecule has 0 fully saturated rings. The Kier molecular flexibility index (Phi) is 8.01. The minimum Gasteiger partial charge on any atom is -0.494 e. The number of rotatable bonds is 9. The van der Waals surface area contributed by atoms with Crippen molar-refractivity contribution < 1.29 is 14.2 Å². The maximum Gasteiger partial charge on any atom is 0.170 e. The maximum absolute atomic E-state index is 5.82. The van der Waals surface area contributed by atoms with Crippen molar-refractivity contribution >= 4 is 23.0 Å². The third-order valence-corrected chi connectivity index (χ3v) is 3.54. The van der Waals surface area contributed by atoms with Gasteiger partial charge in [-0.25, -0.2) is 0 Å². The van der Waals surface area contributed by atoms with Crippen LogP contribution in [-0.2, 0) is 4.74 Å². The van der Waals surface area contributed by atoms with Crippen LogP contribution in [0.2, 0.25) is 0 Å². The fourth-order valence-corrected chi connectivity index (χ4v) is 2.33. The van der Waals surface area contributed by atoms with Crippen LogP contribution < -0.4 is 20.1 Å². The standard InChI is InChI=1S/C19H24N2O3S/c1-3-23-16-9-11-18(12-10-16)24-17-7-5-15(6-8-17)21-19(25)20-13-4-14-22-2/h5-12H,3-4,13-14H2,1-2H3,(H2,20,21,25). The van der Waals surface area contributed by atoms with E-state index < -0.39 is 0 Å². The van der Waals surface area contributed by atoms with Crippen molar-refractivity contribution in [2.75, 3.05) is 32.2 Å². The Balaban J connectivity index is 1.81. The molecule has 0 aliphatic carbocycles. The van der Waals surface area contributed by atoms with E-state index in [2.05, 4.69) is 10.6 Å². The van der Waals surface area contributed by atoms with Crippen LogP contribution in [0.15, 0.2) is 48.5 Å². The lowest BCUT2D eigenvalue weighted by atomic mass is 10.3. The fourth-order valence-electron chi connectivity index (χ4n) is 2.11. The normalized spacial score (nSPS) is 10.2. The van der Waals surface area contributed by atoms with Crippen LogP contribution in [0.3, 0.4) is 0 Å². The molecule has 0 saturated carbocycles. The number of hydrogen-bond acceptors (Lipinski definition) is 4. The lowest BCUT2D eigenvalue weighted by molar-refractivity contribution is 0.196. The van der Waals surface area contributed by atoms with Gasteiger partial charge in [0.15, 0.2) is 5.11 Å². The summed E-state index contributed by atoms with van der Waals surface area (Å²) in [5, 5.41) is 6.87. The van der Waals surface area contributed by atoms with Crippen LogP contribution >= 0.6 is 12.2 Å². The van der Waals surface area contributed by atoms with Gasteiger partial charge in [-0.3, -0.25) is 0 Å². The number of hydrogen-bond donors (Lipinski definition) is 2. The SMILES string of the molecule is CCOc1ccc(Oc2ccc(NC(=S)NCCCOC)cc2)cc1. The molecule has 6 heteroatoms. The summed E-state index contributed by atoms with van der Waals surface area (Å²) in [6.45, 7) is 4.10. The molecule has 0 heterocycles. The maximum atomic E-state index is 5.82. The molecule has 0 atom stereocenters. The molecule has 2 N–H and O–H groups in total. The summed E-state index contributed by atoms with van der Waals surface area (Å²) in [6, 6.07) is 15.2. The molecule has 2 aromatic carbocycles. The first-order valence-corrected chi connectivity index (χ1v) is 8.66. The molecule has 0 unspecified atom stereocenters. The van der Waals surface area contributed by atoms with Gasteiger partial charge in [0.2, 0.25) is 0 Å². The molecule has 0 bridgehead atoms. The van der Waals surface area contributed by atoms with Gasteiger partial charge in [-0.15, -0.1) is 0 Å². The van der Waals surface area contributed by atoms with E-state index in [1.54, 1.807) is 7.11 Å². The first kappa shape index (κ1) is 19.0. The fraction of sp³-hybridized carbons (Fsp3) is 0.316. The Morgan fingerprint density at radius 2 is 1.56 bits per heavy atom. The van der Waals surface area contributed by atoms with E-state index >= 15 is 0 Å². The summed E-state index contributed by atoms with van der Waals surface area (Å²) in [5.74, 6) is 2.36. The smallest absolute Gasteiger partial charge is 0.170 e. The van der Waals surface area contributed by atoms with Crippen LogP contribution in [-0.4, -0.2) is 32.0 Å². The lowest BCUT2D eigenvalue weighted by Crippen LogP contribution is -2.29. The molecule has 0 amide bonds. The van der Waals surface area contributed by atoms with Crippen molar-refractivity contribution in [1.29, 1.82) is 0 Å². The molecule has 2 aromatic rings. The Bertz CT molecular complexity index is 645. The number of thiocarbonyl (C=S) groups is 1. The van der Waals surface area contributed by atoms with Gasteiger partial charge in [0, 0.05) is 25.9 Å². The van der Waals surface area contributed by atoms with Crippen molar-refractivity contribution in [1.82, 2.24) is 5.32 Å². The van der Waals surface area contributed by atoms with E-state index in [0.717, 1.165) is 35.9 Å². The summed E-state index contributed by atoms with van der Waals surface area (Å²) in [6.07, 6.45) is 0.910. The molecule has 5 nitrogen and oxygen atoms in total. The van der Waals surface area contributed by atoms with E-state index in [-0.39, 0.29) is 0 Å². The zero-order valence-electron chi connectivity index (χ0n) is 14.6. The number of anilines is 1. The van der Waals surface area contributed by atoms with Crippen LogP contribution in [0.5, 0.6) is 17.2 Å². The second-order valence-corrected chi connectivity index (χ2v) is 5.67. The molecule has 0 saturated heterocycles. The second kappa shape index (κ2) is 10.5. The van der Waals surface area contributed by atoms with Gasteiger partial charge in [0.25, 0.3) is 0 Å². The average molecular weight is 360 g/mol. The first-order valence-electron chi connectivity index (χ1n) is 8.26. The Labute approximate surface area is 154 Å². The number of methoxy groups -OCH3 is 1. The first-order chi connectivity index (χ1) is 12.2. The molecule has 0 spiro atoms. The highest BCUT2D eigenvalue weighted by Crippen LogP contribution is 2.25. The monoisotopic (exact) mass is 360 g/mol. The molecule has 134 valence electrons. The molecular formula is C19H24N2O3S. The molecular weight excluding hydrogens is 336 g/mol. The van der Waals surface area contributed by atoms with Gasteiger partial charge in [-0.05, 0) is 74.1 Å². The van der Waals surface area contributed by atoms with Crippen LogP contribution in [0.25, 0.3) is 0 Å². The van der Waals surface area contributed by atoms with Gasteiger partial charge < -0.3 is 24.8 Å². The predicted octanol–water partition coefficient (Wildman–Crippen LogP) is 4.20. The molecule has 0 aliphatic rings. The summed E-state index contributed by atoms with van der Waals surface area (Å²) in [5.41, 5.74) is 0.906. The van der Waals surface area contributed by atoms with Crippen molar-refractivity contribution in [3.8, 4) is 17.2 Å². The third-order valence-electron chi connectivity index (χ3n) is 3.29. The number of nitrogens with one attached hydrogen (secondary N) is 2. The van der Waals surface area contributed by atoms with Crippen molar-refractivity contribution in [2.24, 2.45) is 0 Å². The Morgan fingerprint density at radius 1 is 0.960 bits per heavy atom. The zero-order chi connectivity index (χ0) is 17.9. The van der Waals surface area contributed by atoms with Crippen molar-refractivity contribution in [2.45, 2.75) is 13.3 Å². The summed E-state index contributed by atoms with van der Waals surface area (Å²) >= 11 is 5.25. The highest BCUT2D eigenvalue weighted by atomic mass is 32.1. The van der Waals surface area contributed by atoms with E-state index in [0.29, 0.717) is 18.3 Å². The number of ether oxygens (including phenoxy) is 3. The minimum absolute atomic E-state index is 0.594. The van der Waals surface area contributed by atoms with Gasteiger partial charge in [-0.2, -0.15) is 0 Å². The Hall–Kier alpha value is -2.31. The van der Waals surface area contributed by atoms with Crippen molar-refractivity contribution in [3.05, 3.63) is 48.5 Å². The summed E-state index contributed by atoms with van der Waals surface area (Å²) < 4.78 is 16.2. The van der Waals surface area contributed by atoms with Crippen LogP contribution in [0.1, 0.15) is 13.3 Å². The minimum atomic E-state index is 0.594. The van der Waals surface area contributed by atoms with Crippen LogP contribution in [0, 0.1) is 0 Å². The topological polar surface area (TPSA) is 51.8 Å². The lowest BCUT2D eigenvalue weighted by Gasteiger charge is -2.11. The Morgan fingerprint density at radius 3 is 2.16 bits per heavy atom. The van der Waals surface area contributed by atoms with E-state index in [4.69, 9.17) is 26.4 Å². The molecule has 0 aromatic heterocycles. The molecule has 2 rings (SSSR count). The summed E-state index contributed by atoms with van der Waals surface area (Å²) in [4.78, 5) is 0.